The van der Waals surface area contributed by atoms with E-state index in [1.165, 1.54) is 0 Å². The molecular formula is C10H17N3. The molecular weight excluding hydrogens is 162 g/mol. The number of hydrogen-bond acceptors (Lipinski definition) is 2. The molecule has 2 rings (SSSR count). The highest BCUT2D eigenvalue weighted by molar-refractivity contribution is 5.15. The Kier molecular flexibility index (Phi) is 1.72. The molecule has 1 atom stereocenters. The zero-order valence-corrected chi connectivity index (χ0v) is 8.76. The monoisotopic (exact) mass is 179 g/mol. The Balaban J connectivity index is 2.41. The van der Waals surface area contributed by atoms with Crippen molar-refractivity contribution in [3.05, 3.63) is 11.6 Å². The smallest absolute Gasteiger partial charge is 0.156 e. The van der Waals surface area contributed by atoms with E-state index < -0.39 is 0 Å². The topological polar surface area (TPSA) is 41.6 Å². The van der Waals surface area contributed by atoms with E-state index in [2.05, 4.69) is 42.9 Å². The Morgan fingerprint density at radius 1 is 1.46 bits per heavy atom. The van der Waals surface area contributed by atoms with E-state index in [0.717, 1.165) is 18.1 Å². The molecule has 0 fully saturated rings. The Morgan fingerprint density at radius 3 is 2.77 bits per heavy atom. The molecule has 1 unspecified atom stereocenters. The van der Waals surface area contributed by atoms with Crippen LogP contribution in [0.25, 0.3) is 0 Å². The highest BCUT2D eigenvalue weighted by Gasteiger charge is 2.37. The molecule has 2 heterocycles. The fraction of sp³-hybridized carbons (Fsp3) is 0.800. The summed E-state index contributed by atoms with van der Waals surface area (Å²) < 4.78 is 0. The van der Waals surface area contributed by atoms with Crippen LogP contribution in [0, 0.1) is 5.92 Å². The van der Waals surface area contributed by atoms with Crippen molar-refractivity contribution in [2.75, 3.05) is 0 Å². The molecule has 0 saturated heterocycles. The van der Waals surface area contributed by atoms with Crippen molar-refractivity contribution in [1.82, 2.24) is 15.2 Å². The summed E-state index contributed by atoms with van der Waals surface area (Å²) in [5, 5.41) is 7.29. The van der Waals surface area contributed by atoms with Crippen molar-refractivity contribution >= 4 is 0 Å². The van der Waals surface area contributed by atoms with Crippen molar-refractivity contribution in [2.24, 2.45) is 5.92 Å². The Hall–Kier alpha value is -0.860. The summed E-state index contributed by atoms with van der Waals surface area (Å²) in [6.07, 6.45) is 1.16. The Morgan fingerprint density at radius 2 is 2.15 bits per heavy atom. The van der Waals surface area contributed by atoms with Gasteiger partial charge in [-0.15, -0.1) is 0 Å². The molecule has 0 saturated carbocycles. The van der Waals surface area contributed by atoms with Gasteiger partial charge in [-0.1, -0.05) is 27.7 Å². The van der Waals surface area contributed by atoms with Crippen molar-refractivity contribution in [2.45, 2.75) is 45.4 Å². The predicted octanol–water partition coefficient (Wildman–Crippen LogP) is 2.23. The van der Waals surface area contributed by atoms with E-state index in [9.17, 15) is 0 Å². The lowest BCUT2D eigenvalue weighted by atomic mass is 9.76. The van der Waals surface area contributed by atoms with Gasteiger partial charge in [0.05, 0.1) is 0 Å². The molecule has 1 aliphatic heterocycles. The van der Waals surface area contributed by atoms with E-state index >= 15 is 0 Å². The number of aromatic amines is 1. The van der Waals surface area contributed by atoms with Crippen molar-refractivity contribution in [1.29, 1.82) is 0 Å². The SMILES string of the molecule is CC(C)C1CC(C)(C)c2n[nH]c1n2. The lowest BCUT2D eigenvalue weighted by molar-refractivity contribution is 0.329. The Bertz CT molecular complexity index is 312. The van der Waals surface area contributed by atoms with Crippen LogP contribution in [-0.2, 0) is 5.41 Å². The van der Waals surface area contributed by atoms with Crippen molar-refractivity contribution in [3.8, 4) is 0 Å². The number of nitrogens with one attached hydrogen (secondary N) is 1. The molecule has 13 heavy (non-hydrogen) atoms. The minimum absolute atomic E-state index is 0.141. The molecule has 0 aliphatic carbocycles. The average molecular weight is 179 g/mol. The molecule has 0 radical (unpaired) electrons. The van der Waals surface area contributed by atoms with Gasteiger partial charge in [0.25, 0.3) is 0 Å². The molecule has 3 heteroatoms. The van der Waals surface area contributed by atoms with Crippen molar-refractivity contribution in [3.63, 3.8) is 0 Å². The summed E-state index contributed by atoms with van der Waals surface area (Å²) >= 11 is 0. The van der Waals surface area contributed by atoms with Gasteiger partial charge in [-0.2, -0.15) is 5.10 Å². The van der Waals surface area contributed by atoms with Crippen molar-refractivity contribution < 1.29 is 0 Å². The molecule has 72 valence electrons. The third-order valence-corrected chi connectivity index (χ3v) is 2.99. The molecule has 3 nitrogen and oxygen atoms in total. The second-order valence-electron chi connectivity index (χ2n) is 4.98. The van der Waals surface area contributed by atoms with Crippen LogP contribution in [0.1, 0.15) is 51.7 Å². The lowest BCUT2D eigenvalue weighted by Gasteiger charge is -2.30. The summed E-state index contributed by atoms with van der Waals surface area (Å²) in [5.74, 6) is 3.23. The first-order valence-corrected chi connectivity index (χ1v) is 4.93. The first kappa shape index (κ1) is 8.73. The van der Waals surface area contributed by atoms with Crippen LogP contribution >= 0.6 is 0 Å². The standard InChI is InChI=1S/C10H17N3/c1-6(2)7-5-10(3,4)9-11-8(7)12-13-9/h6-7H,5H2,1-4H3,(H,11,12,13). The van der Waals surface area contributed by atoms with Gasteiger partial charge in [0.2, 0.25) is 0 Å². The maximum Gasteiger partial charge on any atom is 0.156 e. The van der Waals surface area contributed by atoms with Gasteiger partial charge in [0.15, 0.2) is 5.82 Å². The van der Waals surface area contributed by atoms with Crippen LogP contribution in [-0.4, -0.2) is 15.2 Å². The maximum atomic E-state index is 4.50. The molecule has 1 N–H and O–H groups in total. The third-order valence-electron chi connectivity index (χ3n) is 2.99. The van der Waals surface area contributed by atoms with E-state index in [4.69, 9.17) is 0 Å². The molecule has 1 aromatic rings. The normalized spacial score (nSPS) is 25.2. The van der Waals surface area contributed by atoms with E-state index in [1.807, 2.05) is 0 Å². The third kappa shape index (κ3) is 1.26. The van der Waals surface area contributed by atoms with Gasteiger partial charge in [0, 0.05) is 11.3 Å². The minimum Gasteiger partial charge on any atom is -0.263 e. The van der Waals surface area contributed by atoms with Crippen LogP contribution in [0.2, 0.25) is 0 Å². The molecule has 0 amide bonds. The number of H-pyrrole nitrogens is 1. The van der Waals surface area contributed by atoms with Gasteiger partial charge in [-0.25, -0.2) is 4.98 Å². The first-order chi connectivity index (χ1) is 6.00. The molecule has 1 aromatic heterocycles. The summed E-state index contributed by atoms with van der Waals surface area (Å²) in [6.45, 7) is 8.92. The molecule has 2 bridgehead atoms. The van der Waals surface area contributed by atoms with Gasteiger partial charge in [-0.05, 0) is 12.3 Å². The van der Waals surface area contributed by atoms with Crippen LogP contribution < -0.4 is 0 Å². The highest BCUT2D eigenvalue weighted by atomic mass is 15.2. The Labute approximate surface area is 79.0 Å². The quantitative estimate of drug-likeness (QED) is 0.718. The molecule has 0 aromatic carbocycles. The zero-order valence-electron chi connectivity index (χ0n) is 8.76. The van der Waals surface area contributed by atoms with Crippen LogP contribution in [0.3, 0.4) is 0 Å². The van der Waals surface area contributed by atoms with E-state index in [0.29, 0.717) is 11.8 Å². The first-order valence-electron chi connectivity index (χ1n) is 4.93. The number of nitrogens with zero attached hydrogens (tertiary/aromatic N) is 2. The van der Waals surface area contributed by atoms with E-state index in [-0.39, 0.29) is 5.41 Å². The largest absolute Gasteiger partial charge is 0.263 e. The van der Waals surface area contributed by atoms with Crippen LogP contribution in [0.4, 0.5) is 0 Å². The summed E-state index contributed by atoms with van der Waals surface area (Å²) in [4.78, 5) is 4.50. The van der Waals surface area contributed by atoms with Gasteiger partial charge < -0.3 is 0 Å². The van der Waals surface area contributed by atoms with Crippen LogP contribution in [0.15, 0.2) is 0 Å². The van der Waals surface area contributed by atoms with Gasteiger partial charge >= 0.3 is 0 Å². The number of fused-ring (bicyclic) bond motifs is 2. The molecule has 1 aliphatic rings. The predicted molar refractivity (Wildman–Crippen MR) is 51.6 cm³/mol. The number of aromatic nitrogens is 3. The average Bonchev–Trinajstić information content (AvgIpc) is 2.43. The summed E-state index contributed by atoms with van der Waals surface area (Å²) in [7, 11) is 0. The van der Waals surface area contributed by atoms with Gasteiger partial charge in [-0.3, -0.25) is 5.10 Å². The minimum atomic E-state index is 0.141. The second-order valence-corrected chi connectivity index (χ2v) is 4.98. The highest BCUT2D eigenvalue weighted by Crippen LogP contribution is 2.40. The number of hydrogen-bond donors (Lipinski definition) is 1. The van der Waals surface area contributed by atoms with Crippen LogP contribution in [0.5, 0.6) is 0 Å². The lowest BCUT2D eigenvalue weighted by Crippen LogP contribution is -2.27. The molecule has 0 spiro atoms. The summed E-state index contributed by atoms with van der Waals surface area (Å²) in [5.41, 5.74) is 0.141. The van der Waals surface area contributed by atoms with Gasteiger partial charge in [0.1, 0.15) is 5.82 Å². The number of rotatable bonds is 1. The fourth-order valence-electron chi connectivity index (χ4n) is 2.03. The zero-order chi connectivity index (χ0) is 9.64. The van der Waals surface area contributed by atoms with E-state index in [1.54, 1.807) is 0 Å². The second kappa shape index (κ2) is 2.56. The fourth-order valence-corrected chi connectivity index (χ4v) is 2.03. The summed E-state index contributed by atoms with van der Waals surface area (Å²) in [6, 6.07) is 0. The maximum absolute atomic E-state index is 4.50.